The van der Waals surface area contributed by atoms with E-state index in [0.717, 1.165) is 22.3 Å². The summed E-state index contributed by atoms with van der Waals surface area (Å²) in [6.07, 6.45) is -0.220. The molecule has 0 aromatic heterocycles. The summed E-state index contributed by atoms with van der Waals surface area (Å²) in [5.41, 5.74) is 3.73. The van der Waals surface area contributed by atoms with Gasteiger partial charge in [-0.05, 0) is 62.3 Å². The second-order valence-corrected chi connectivity index (χ2v) is 10.4. The number of carboxylic acids is 1. The van der Waals surface area contributed by atoms with Crippen molar-refractivity contribution in [1.82, 2.24) is 16.0 Å². The van der Waals surface area contributed by atoms with Crippen LogP contribution in [-0.4, -0.2) is 60.5 Å². The van der Waals surface area contributed by atoms with Crippen LogP contribution < -0.4 is 16.0 Å². The predicted octanol–water partition coefficient (Wildman–Crippen LogP) is 4.18. The molecule has 2 aromatic carbocycles. The van der Waals surface area contributed by atoms with Crippen molar-refractivity contribution in [3.8, 4) is 11.1 Å². The van der Waals surface area contributed by atoms with E-state index in [2.05, 4.69) is 16.0 Å². The topological polar surface area (TPSA) is 143 Å². The van der Waals surface area contributed by atoms with E-state index in [9.17, 15) is 24.3 Å². The highest BCUT2D eigenvalue weighted by atomic mass is 16.6. The van der Waals surface area contributed by atoms with E-state index in [0.29, 0.717) is 25.9 Å². The molecule has 0 aliphatic heterocycles. The molecule has 4 N–H and O–H groups in total. The summed E-state index contributed by atoms with van der Waals surface area (Å²) in [5.74, 6) is -1.71. The Hall–Kier alpha value is -4.08. The van der Waals surface area contributed by atoms with Crippen molar-refractivity contribution in [3.05, 3.63) is 59.7 Å². The van der Waals surface area contributed by atoms with Crippen LogP contribution in [0.3, 0.4) is 0 Å². The molecule has 0 bridgehead atoms. The van der Waals surface area contributed by atoms with E-state index in [1.165, 1.54) is 0 Å². The zero-order chi connectivity index (χ0) is 28.4. The highest BCUT2D eigenvalue weighted by Gasteiger charge is 2.30. The number of carboxylic acid groups (broad SMARTS) is 1. The van der Waals surface area contributed by atoms with Crippen LogP contribution in [0.15, 0.2) is 48.5 Å². The average Bonchev–Trinajstić information content (AvgIpc) is 3.19. The maximum atomic E-state index is 12.4. The van der Waals surface area contributed by atoms with E-state index < -0.39 is 29.8 Å². The van der Waals surface area contributed by atoms with Crippen molar-refractivity contribution in [2.75, 3.05) is 19.7 Å². The van der Waals surface area contributed by atoms with Gasteiger partial charge in [-0.25, -0.2) is 14.4 Å². The van der Waals surface area contributed by atoms with Crippen LogP contribution in [0.1, 0.15) is 63.5 Å². The molecule has 1 aliphatic carbocycles. The maximum absolute atomic E-state index is 12.4. The Bertz CT molecular complexity index is 1130. The first-order valence-electron chi connectivity index (χ1n) is 13.1. The molecule has 3 rings (SSSR count). The Morgan fingerprint density at radius 2 is 1.44 bits per heavy atom. The Balaban J connectivity index is 1.37. The van der Waals surface area contributed by atoms with Gasteiger partial charge in [-0.1, -0.05) is 48.5 Å². The molecule has 0 heterocycles. The highest BCUT2D eigenvalue weighted by Crippen LogP contribution is 2.44. The minimum atomic E-state index is -1.26. The van der Waals surface area contributed by atoms with Gasteiger partial charge in [-0.3, -0.25) is 4.79 Å². The Morgan fingerprint density at radius 3 is 2.00 bits per heavy atom. The van der Waals surface area contributed by atoms with E-state index >= 15 is 0 Å². The molecule has 39 heavy (non-hydrogen) atoms. The number of fused-ring (bicyclic) bond motifs is 3. The van der Waals surface area contributed by atoms with Gasteiger partial charge in [-0.15, -0.1) is 0 Å². The number of carbonyl (C=O) groups is 4. The summed E-state index contributed by atoms with van der Waals surface area (Å²) in [6, 6.07) is 14.6. The molecule has 210 valence electrons. The van der Waals surface area contributed by atoms with Crippen LogP contribution in [0.5, 0.6) is 0 Å². The summed E-state index contributed by atoms with van der Waals surface area (Å²) in [4.78, 5) is 47.9. The second-order valence-electron chi connectivity index (χ2n) is 10.4. The van der Waals surface area contributed by atoms with Crippen molar-refractivity contribution >= 4 is 24.1 Å². The number of unbranched alkanes of at least 4 members (excludes halogenated alkanes) is 1. The van der Waals surface area contributed by atoms with E-state index in [-0.39, 0.29) is 31.3 Å². The number of hydrogen-bond acceptors (Lipinski definition) is 6. The van der Waals surface area contributed by atoms with Gasteiger partial charge in [-0.2, -0.15) is 0 Å². The lowest BCUT2D eigenvalue weighted by atomic mass is 9.98. The number of rotatable bonds is 12. The molecule has 0 radical (unpaired) electrons. The molecule has 0 saturated heterocycles. The maximum Gasteiger partial charge on any atom is 0.407 e. The van der Waals surface area contributed by atoms with Crippen LogP contribution in [0.2, 0.25) is 0 Å². The third-order valence-corrected chi connectivity index (χ3v) is 6.19. The van der Waals surface area contributed by atoms with Crippen LogP contribution >= 0.6 is 0 Å². The molecule has 0 unspecified atom stereocenters. The molecule has 3 amide bonds. The van der Waals surface area contributed by atoms with Crippen LogP contribution in [0, 0.1) is 0 Å². The predicted molar refractivity (Wildman–Crippen MR) is 145 cm³/mol. The highest BCUT2D eigenvalue weighted by molar-refractivity contribution is 5.82. The number of carbonyl (C=O) groups excluding carboxylic acids is 3. The quantitative estimate of drug-likeness (QED) is 0.296. The first-order chi connectivity index (χ1) is 18.5. The molecular weight excluding hydrogens is 502 g/mol. The lowest BCUT2D eigenvalue weighted by Gasteiger charge is -2.19. The van der Waals surface area contributed by atoms with Gasteiger partial charge in [0.1, 0.15) is 18.2 Å². The lowest BCUT2D eigenvalue weighted by Crippen LogP contribution is -2.42. The first-order valence-corrected chi connectivity index (χ1v) is 13.1. The van der Waals surface area contributed by atoms with Gasteiger partial charge in [0.15, 0.2) is 0 Å². The van der Waals surface area contributed by atoms with Crippen LogP contribution in [0.25, 0.3) is 11.1 Å². The molecule has 2 aromatic rings. The van der Waals surface area contributed by atoms with Crippen molar-refractivity contribution in [3.63, 3.8) is 0 Å². The third-order valence-electron chi connectivity index (χ3n) is 6.19. The Labute approximate surface area is 228 Å². The molecule has 0 saturated carbocycles. The second kappa shape index (κ2) is 13.6. The number of hydrogen-bond donors (Lipinski definition) is 4. The smallest absolute Gasteiger partial charge is 0.407 e. The van der Waals surface area contributed by atoms with Crippen molar-refractivity contribution in [2.45, 2.75) is 64.0 Å². The lowest BCUT2D eigenvalue weighted by molar-refractivity contribution is -0.139. The van der Waals surface area contributed by atoms with E-state index in [4.69, 9.17) is 9.47 Å². The fraction of sp³-hybridized carbons (Fsp3) is 0.448. The number of amides is 3. The van der Waals surface area contributed by atoms with E-state index in [1.54, 1.807) is 20.8 Å². The van der Waals surface area contributed by atoms with Crippen molar-refractivity contribution in [2.24, 2.45) is 0 Å². The number of nitrogens with one attached hydrogen (secondary N) is 3. The third kappa shape index (κ3) is 9.01. The van der Waals surface area contributed by atoms with Gasteiger partial charge in [0.25, 0.3) is 0 Å². The average molecular weight is 540 g/mol. The van der Waals surface area contributed by atoms with Crippen molar-refractivity contribution < 1.29 is 33.8 Å². The Kier molecular flexibility index (Phi) is 10.3. The summed E-state index contributed by atoms with van der Waals surface area (Å²) < 4.78 is 10.6. The molecule has 0 fully saturated rings. The first kappa shape index (κ1) is 29.5. The van der Waals surface area contributed by atoms with Gasteiger partial charge in [0.2, 0.25) is 5.91 Å². The molecular formula is C29H37N3O7. The van der Waals surface area contributed by atoms with Gasteiger partial charge in [0.05, 0.1) is 0 Å². The molecule has 10 heteroatoms. The molecule has 10 nitrogen and oxygen atoms in total. The van der Waals surface area contributed by atoms with Crippen LogP contribution in [0.4, 0.5) is 9.59 Å². The van der Waals surface area contributed by atoms with E-state index in [1.807, 2.05) is 48.5 Å². The zero-order valence-electron chi connectivity index (χ0n) is 22.6. The standard InChI is InChI=1S/C29H37N3O7/c1-29(2,3)39-27(36)31-17-9-8-16-30-25(33)15-14-24(26(34)35)32-28(37)38-18-23-21-12-6-4-10-19(21)20-11-5-7-13-22(20)23/h4-7,10-13,23-24H,8-9,14-18H2,1-3H3,(H,30,33)(H,31,36)(H,32,37)(H,34,35)/t24-/m0/s1. The van der Waals surface area contributed by atoms with Crippen molar-refractivity contribution in [1.29, 1.82) is 0 Å². The van der Waals surface area contributed by atoms with Gasteiger partial charge < -0.3 is 30.5 Å². The molecule has 0 spiro atoms. The number of benzene rings is 2. The zero-order valence-corrected chi connectivity index (χ0v) is 22.6. The number of alkyl carbamates (subject to hydrolysis) is 2. The van der Waals surface area contributed by atoms with Gasteiger partial charge >= 0.3 is 18.2 Å². The monoisotopic (exact) mass is 539 g/mol. The SMILES string of the molecule is CC(C)(C)OC(=O)NCCCCNC(=O)CC[C@H](NC(=O)OCC1c2ccccc2-c2ccccc21)C(=O)O. The fourth-order valence-electron chi connectivity index (χ4n) is 4.39. The summed E-state index contributed by atoms with van der Waals surface area (Å²) in [7, 11) is 0. The number of ether oxygens (including phenoxy) is 2. The normalized spacial score (nSPS) is 13.0. The minimum absolute atomic E-state index is 0.0650. The largest absolute Gasteiger partial charge is 0.480 e. The number of aliphatic carboxylic acids is 1. The van der Waals surface area contributed by atoms with Gasteiger partial charge in [0, 0.05) is 25.4 Å². The molecule has 1 atom stereocenters. The fourth-order valence-corrected chi connectivity index (χ4v) is 4.39. The molecule has 1 aliphatic rings. The minimum Gasteiger partial charge on any atom is -0.480 e. The summed E-state index contributed by atoms with van der Waals surface area (Å²) >= 11 is 0. The summed E-state index contributed by atoms with van der Waals surface area (Å²) in [6.45, 7) is 6.21. The Morgan fingerprint density at radius 1 is 0.872 bits per heavy atom. The van der Waals surface area contributed by atoms with Crippen LogP contribution in [-0.2, 0) is 19.1 Å². The summed E-state index contributed by atoms with van der Waals surface area (Å²) in [5, 5.41) is 17.2.